The van der Waals surface area contributed by atoms with E-state index < -0.39 is 5.97 Å². The summed E-state index contributed by atoms with van der Waals surface area (Å²) in [7, 11) is 0. The first-order valence-electron chi connectivity index (χ1n) is 4.40. The second-order valence-corrected chi connectivity index (χ2v) is 3.28. The van der Waals surface area contributed by atoms with Crippen molar-refractivity contribution >= 4 is 11.8 Å². The highest BCUT2D eigenvalue weighted by atomic mass is 16.4. The summed E-state index contributed by atoms with van der Waals surface area (Å²) in [6.07, 6.45) is 3.13. The SMILES string of the molecule is O=C(O)Cc1cc2n(c1)CCCN2. The van der Waals surface area contributed by atoms with Gasteiger partial charge in [-0.2, -0.15) is 0 Å². The van der Waals surface area contributed by atoms with E-state index in [-0.39, 0.29) is 6.42 Å². The maximum Gasteiger partial charge on any atom is 0.307 e. The molecule has 2 N–H and O–H groups in total. The second-order valence-electron chi connectivity index (χ2n) is 3.28. The van der Waals surface area contributed by atoms with Gasteiger partial charge >= 0.3 is 5.97 Å². The topological polar surface area (TPSA) is 54.3 Å². The zero-order valence-corrected chi connectivity index (χ0v) is 7.29. The molecule has 0 fully saturated rings. The fourth-order valence-corrected chi connectivity index (χ4v) is 1.64. The van der Waals surface area contributed by atoms with Gasteiger partial charge in [0, 0.05) is 19.3 Å². The van der Waals surface area contributed by atoms with Gasteiger partial charge in [-0.1, -0.05) is 0 Å². The summed E-state index contributed by atoms with van der Waals surface area (Å²) in [6.45, 7) is 1.97. The molecule has 2 heterocycles. The van der Waals surface area contributed by atoms with Crippen molar-refractivity contribution in [1.29, 1.82) is 0 Å². The van der Waals surface area contributed by atoms with E-state index in [0.717, 1.165) is 30.9 Å². The van der Waals surface area contributed by atoms with Crippen LogP contribution in [-0.4, -0.2) is 22.2 Å². The molecule has 0 unspecified atom stereocenters. The van der Waals surface area contributed by atoms with E-state index in [2.05, 4.69) is 9.88 Å². The van der Waals surface area contributed by atoms with Gasteiger partial charge in [0.25, 0.3) is 0 Å². The Bertz CT molecular complexity index is 307. The van der Waals surface area contributed by atoms with Crippen LogP contribution in [0, 0.1) is 0 Å². The minimum Gasteiger partial charge on any atom is -0.481 e. The molecule has 4 heteroatoms. The first-order valence-corrected chi connectivity index (χ1v) is 4.40. The number of aromatic nitrogens is 1. The molecule has 0 amide bonds. The molecule has 0 aromatic carbocycles. The van der Waals surface area contributed by atoms with Crippen LogP contribution in [0.4, 0.5) is 5.82 Å². The van der Waals surface area contributed by atoms with Crippen molar-refractivity contribution in [2.75, 3.05) is 11.9 Å². The molecule has 1 aromatic heterocycles. The highest BCUT2D eigenvalue weighted by molar-refractivity contribution is 5.70. The minimum absolute atomic E-state index is 0.113. The number of fused-ring (bicyclic) bond motifs is 1. The van der Waals surface area contributed by atoms with Crippen LogP contribution in [0.15, 0.2) is 12.3 Å². The Labute approximate surface area is 76.2 Å². The molecule has 0 spiro atoms. The molecular formula is C9H12N2O2. The molecule has 0 atom stereocenters. The summed E-state index contributed by atoms with van der Waals surface area (Å²) >= 11 is 0. The maximum absolute atomic E-state index is 10.5. The third-order valence-corrected chi connectivity index (χ3v) is 2.19. The largest absolute Gasteiger partial charge is 0.481 e. The Hall–Kier alpha value is -1.45. The fraction of sp³-hybridized carbons (Fsp3) is 0.444. The van der Waals surface area contributed by atoms with Crippen LogP contribution in [0.5, 0.6) is 0 Å². The number of aryl methyl sites for hydroxylation is 1. The van der Waals surface area contributed by atoms with Gasteiger partial charge in [0.05, 0.1) is 6.42 Å². The van der Waals surface area contributed by atoms with Crippen LogP contribution in [0.25, 0.3) is 0 Å². The smallest absolute Gasteiger partial charge is 0.307 e. The van der Waals surface area contributed by atoms with Crippen LogP contribution < -0.4 is 5.32 Å². The van der Waals surface area contributed by atoms with Gasteiger partial charge in [-0.15, -0.1) is 0 Å². The van der Waals surface area contributed by atoms with Gasteiger partial charge in [0.2, 0.25) is 0 Å². The summed E-state index contributed by atoms with van der Waals surface area (Å²) in [4.78, 5) is 10.5. The first kappa shape index (κ1) is 8.16. The standard InChI is InChI=1S/C9H12N2O2/c12-9(13)5-7-4-8-10-2-1-3-11(8)6-7/h4,6,10H,1-3,5H2,(H,12,13). The number of nitrogens with zero attached hydrogens (tertiary/aromatic N) is 1. The summed E-state index contributed by atoms with van der Waals surface area (Å²) < 4.78 is 2.07. The number of carboxylic acid groups (broad SMARTS) is 1. The molecular weight excluding hydrogens is 168 g/mol. The lowest BCUT2D eigenvalue weighted by Gasteiger charge is -2.16. The molecule has 0 saturated heterocycles. The molecule has 1 aromatic rings. The fourth-order valence-electron chi connectivity index (χ4n) is 1.64. The number of hydrogen-bond donors (Lipinski definition) is 2. The molecule has 0 radical (unpaired) electrons. The average Bonchev–Trinajstić information content (AvgIpc) is 2.44. The van der Waals surface area contributed by atoms with E-state index in [9.17, 15) is 4.79 Å². The summed E-state index contributed by atoms with van der Waals surface area (Å²) in [5, 5.41) is 11.8. The molecule has 0 bridgehead atoms. The molecule has 0 saturated carbocycles. The van der Waals surface area contributed by atoms with Crippen LogP contribution in [0.2, 0.25) is 0 Å². The summed E-state index contributed by atoms with van der Waals surface area (Å²) in [5.41, 5.74) is 0.872. The summed E-state index contributed by atoms with van der Waals surface area (Å²) in [5.74, 6) is 0.269. The molecule has 70 valence electrons. The number of carboxylic acids is 1. The monoisotopic (exact) mass is 180 g/mol. The van der Waals surface area contributed by atoms with Gasteiger partial charge in [-0.05, 0) is 18.1 Å². The number of aliphatic carboxylic acids is 1. The van der Waals surface area contributed by atoms with Gasteiger partial charge < -0.3 is 15.0 Å². The van der Waals surface area contributed by atoms with Crippen LogP contribution in [-0.2, 0) is 17.8 Å². The second kappa shape index (κ2) is 3.12. The van der Waals surface area contributed by atoms with Crippen molar-refractivity contribution < 1.29 is 9.90 Å². The quantitative estimate of drug-likeness (QED) is 0.711. The molecule has 13 heavy (non-hydrogen) atoms. The highest BCUT2D eigenvalue weighted by Gasteiger charge is 2.10. The molecule has 1 aliphatic heterocycles. The van der Waals surface area contributed by atoms with Crippen LogP contribution >= 0.6 is 0 Å². The number of nitrogens with one attached hydrogen (secondary N) is 1. The predicted octanol–water partition coefficient (Wildman–Crippen LogP) is 0.931. The van der Waals surface area contributed by atoms with Crippen molar-refractivity contribution in [1.82, 2.24) is 4.57 Å². The van der Waals surface area contributed by atoms with E-state index in [0.29, 0.717) is 0 Å². The van der Waals surface area contributed by atoms with Gasteiger partial charge in [0.15, 0.2) is 0 Å². The van der Waals surface area contributed by atoms with Gasteiger partial charge in [0.1, 0.15) is 5.82 Å². The van der Waals surface area contributed by atoms with Crippen molar-refractivity contribution in [2.45, 2.75) is 19.4 Å². The van der Waals surface area contributed by atoms with Crippen molar-refractivity contribution in [2.24, 2.45) is 0 Å². The Morgan fingerprint density at radius 3 is 3.23 bits per heavy atom. The Morgan fingerprint density at radius 1 is 1.69 bits per heavy atom. The third-order valence-electron chi connectivity index (χ3n) is 2.19. The molecule has 0 aliphatic carbocycles. The predicted molar refractivity (Wildman–Crippen MR) is 48.9 cm³/mol. The number of anilines is 1. The van der Waals surface area contributed by atoms with Crippen LogP contribution in [0.1, 0.15) is 12.0 Å². The van der Waals surface area contributed by atoms with E-state index in [1.807, 2.05) is 12.3 Å². The summed E-state index contributed by atoms with van der Waals surface area (Å²) in [6, 6.07) is 1.91. The van der Waals surface area contributed by atoms with Crippen molar-refractivity contribution in [3.05, 3.63) is 17.8 Å². The van der Waals surface area contributed by atoms with E-state index in [1.165, 1.54) is 0 Å². The number of carbonyl (C=O) groups is 1. The molecule has 1 aliphatic rings. The molecule has 4 nitrogen and oxygen atoms in total. The maximum atomic E-state index is 10.5. The zero-order valence-electron chi connectivity index (χ0n) is 7.29. The number of hydrogen-bond acceptors (Lipinski definition) is 2. The van der Waals surface area contributed by atoms with Gasteiger partial charge in [-0.3, -0.25) is 4.79 Å². The van der Waals surface area contributed by atoms with Gasteiger partial charge in [-0.25, -0.2) is 0 Å². The van der Waals surface area contributed by atoms with E-state index in [1.54, 1.807) is 0 Å². The van der Waals surface area contributed by atoms with Crippen LogP contribution in [0.3, 0.4) is 0 Å². The Kier molecular flexibility index (Phi) is 1.96. The lowest BCUT2D eigenvalue weighted by Crippen LogP contribution is -2.15. The third kappa shape index (κ3) is 1.66. The molecule has 2 rings (SSSR count). The number of rotatable bonds is 2. The Balaban J connectivity index is 2.20. The normalized spacial score (nSPS) is 14.8. The first-order chi connectivity index (χ1) is 6.25. The van der Waals surface area contributed by atoms with E-state index in [4.69, 9.17) is 5.11 Å². The lowest BCUT2D eigenvalue weighted by molar-refractivity contribution is -0.136. The van der Waals surface area contributed by atoms with Crippen molar-refractivity contribution in [3.8, 4) is 0 Å². The van der Waals surface area contributed by atoms with Crippen molar-refractivity contribution in [3.63, 3.8) is 0 Å². The van der Waals surface area contributed by atoms with E-state index >= 15 is 0 Å². The zero-order chi connectivity index (χ0) is 9.26. The Morgan fingerprint density at radius 2 is 2.54 bits per heavy atom. The minimum atomic E-state index is -0.775. The average molecular weight is 180 g/mol. The lowest BCUT2D eigenvalue weighted by atomic mass is 10.2. The highest BCUT2D eigenvalue weighted by Crippen LogP contribution is 2.18.